The van der Waals surface area contributed by atoms with Gasteiger partial charge in [-0.05, 0) is 33.4 Å². The Labute approximate surface area is 140 Å². The lowest BCUT2D eigenvalue weighted by Gasteiger charge is -2.14. The Bertz CT molecular complexity index is 1000. The Kier molecular flexibility index (Phi) is 3.89. The maximum absolute atomic E-state index is 9.03. The number of benzene rings is 4. The number of hydrogen-bond acceptors (Lipinski definition) is 2. The van der Waals surface area contributed by atoms with Gasteiger partial charge in [-0.2, -0.15) is 0 Å². The fourth-order valence-electron chi connectivity index (χ4n) is 3.25. The molecule has 0 spiro atoms. The molecule has 0 bridgehead atoms. The van der Waals surface area contributed by atoms with Gasteiger partial charge in [0.1, 0.15) is 12.4 Å². The normalized spacial score (nSPS) is 11.0. The smallest absolute Gasteiger partial charge is 0.127 e. The standard InChI is InChI=1S/C22H18O2/c23-14-15-24-22-13-12-20(19-9-3-4-10-21(19)22)18-11-5-7-16-6-1-2-8-17(16)18/h1-13,23H,14-15H2. The van der Waals surface area contributed by atoms with Gasteiger partial charge >= 0.3 is 0 Å². The van der Waals surface area contributed by atoms with Gasteiger partial charge in [0.25, 0.3) is 0 Å². The van der Waals surface area contributed by atoms with Crippen molar-refractivity contribution in [3.8, 4) is 16.9 Å². The topological polar surface area (TPSA) is 29.5 Å². The van der Waals surface area contributed by atoms with E-state index in [-0.39, 0.29) is 6.61 Å². The van der Waals surface area contributed by atoms with Crippen molar-refractivity contribution >= 4 is 21.5 Å². The van der Waals surface area contributed by atoms with Gasteiger partial charge in [0.2, 0.25) is 0 Å². The molecule has 2 heteroatoms. The van der Waals surface area contributed by atoms with Gasteiger partial charge in [0.05, 0.1) is 6.61 Å². The van der Waals surface area contributed by atoms with Crippen LogP contribution in [0.3, 0.4) is 0 Å². The van der Waals surface area contributed by atoms with E-state index in [1.807, 2.05) is 18.2 Å². The van der Waals surface area contributed by atoms with Crippen LogP contribution < -0.4 is 4.74 Å². The first-order valence-electron chi connectivity index (χ1n) is 8.12. The van der Waals surface area contributed by atoms with E-state index in [1.54, 1.807) is 0 Å². The summed E-state index contributed by atoms with van der Waals surface area (Å²) in [7, 11) is 0. The van der Waals surface area contributed by atoms with Gasteiger partial charge in [-0.3, -0.25) is 0 Å². The second-order valence-corrected chi connectivity index (χ2v) is 5.76. The molecule has 2 nitrogen and oxygen atoms in total. The van der Waals surface area contributed by atoms with E-state index in [4.69, 9.17) is 9.84 Å². The molecule has 0 saturated carbocycles. The summed E-state index contributed by atoms with van der Waals surface area (Å²) in [6.45, 7) is 0.316. The van der Waals surface area contributed by atoms with Crippen LogP contribution in [0.15, 0.2) is 78.9 Å². The van der Waals surface area contributed by atoms with Crippen LogP contribution in [0.25, 0.3) is 32.7 Å². The fraction of sp³-hybridized carbons (Fsp3) is 0.0909. The number of rotatable bonds is 4. The van der Waals surface area contributed by atoms with Crippen LogP contribution in [0.4, 0.5) is 0 Å². The van der Waals surface area contributed by atoms with Crippen LogP contribution in [0.1, 0.15) is 0 Å². The zero-order chi connectivity index (χ0) is 16.4. The molecule has 4 rings (SSSR count). The van der Waals surface area contributed by atoms with Crippen molar-refractivity contribution in [1.82, 2.24) is 0 Å². The summed E-state index contributed by atoms with van der Waals surface area (Å²) in [5.41, 5.74) is 2.41. The molecule has 4 aromatic carbocycles. The Morgan fingerprint density at radius 3 is 2.12 bits per heavy atom. The van der Waals surface area contributed by atoms with Crippen molar-refractivity contribution in [3.05, 3.63) is 78.9 Å². The third kappa shape index (κ3) is 2.51. The van der Waals surface area contributed by atoms with Crippen molar-refractivity contribution in [1.29, 1.82) is 0 Å². The van der Waals surface area contributed by atoms with E-state index in [0.29, 0.717) is 6.61 Å². The maximum Gasteiger partial charge on any atom is 0.127 e. The molecule has 1 N–H and O–H groups in total. The average Bonchev–Trinajstić information content (AvgIpc) is 2.66. The molecular formula is C22H18O2. The Morgan fingerprint density at radius 2 is 1.29 bits per heavy atom. The molecule has 0 atom stereocenters. The van der Waals surface area contributed by atoms with Crippen LogP contribution in [-0.4, -0.2) is 18.3 Å². The molecule has 0 fully saturated rings. The molecule has 0 radical (unpaired) electrons. The summed E-state index contributed by atoms with van der Waals surface area (Å²) < 4.78 is 5.70. The van der Waals surface area contributed by atoms with Crippen LogP contribution >= 0.6 is 0 Å². The van der Waals surface area contributed by atoms with Gasteiger partial charge in [-0.15, -0.1) is 0 Å². The summed E-state index contributed by atoms with van der Waals surface area (Å²) >= 11 is 0. The lowest BCUT2D eigenvalue weighted by atomic mass is 9.94. The van der Waals surface area contributed by atoms with Gasteiger partial charge in [-0.1, -0.05) is 72.8 Å². The predicted octanol–water partition coefficient (Wildman–Crippen LogP) is 5.03. The second-order valence-electron chi connectivity index (χ2n) is 5.76. The van der Waals surface area contributed by atoms with Crippen molar-refractivity contribution in [2.45, 2.75) is 0 Å². The molecule has 118 valence electrons. The third-order valence-electron chi connectivity index (χ3n) is 4.31. The monoisotopic (exact) mass is 314 g/mol. The number of aliphatic hydroxyl groups excluding tert-OH is 1. The summed E-state index contributed by atoms with van der Waals surface area (Å²) in [6.07, 6.45) is 0. The van der Waals surface area contributed by atoms with Crippen molar-refractivity contribution < 1.29 is 9.84 Å². The molecule has 0 unspecified atom stereocenters. The zero-order valence-corrected chi connectivity index (χ0v) is 13.3. The molecule has 0 saturated heterocycles. The Balaban J connectivity index is 1.97. The molecule has 0 aliphatic heterocycles. The quantitative estimate of drug-likeness (QED) is 0.572. The molecule has 0 heterocycles. The van der Waals surface area contributed by atoms with Gasteiger partial charge < -0.3 is 9.84 Å². The first-order chi connectivity index (χ1) is 11.9. The van der Waals surface area contributed by atoms with E-state index in [0.717, 1.165) is 16.5 Å². The highest BCUT2D eigenvalue weighted by atomic mass is 16.5. The molecule has 0 aromatic heterocycles. The van der Waals surface area contributed by atoms with Crippen molar-refractivity contribution in [3.63, 3.8) is 0 Å². The van der Waals surface area contributed by atoms with E-state index in [2.05, 4.69) is 60.7 Å². The number of aliphatic hydroxyl groups is 1. The van der Waals surface area contributed by atoms with Crippen LogP contribution in [0.5, 0.6) is 5.75 Å². The largest absolute Gasteiger partial charge is 0.491 e. The third-order valence-corrected chi connectivity index (χ3v) is 4.31. The Hall–Kier alpha value is -2.84. The molecule has 0 aliphatic rings. The minimum absolute atomic E-state index is 0.0133. The molecule has 0 aliphatic carbocycles. The van der Waals surface area contributed by atoms with E-state index in [1.165, 1.54) is 21.9 Å². The number of fused-ring (bicyclic) bond motifs is 2. The average molecular weight is 314 g/mol. The van der Waals surface area contributed by atoms with E-state index < -0.39 is 0 Å². The molecule has 24 heavy (non-hydrogen) atoms. The lowest BCUT2D eigenvalue weighted by Crippen LogP contribution is -2.02. The van der Waals surface area contributed by atoms with E-state index in [9.17, 15) is 0 Å². The minimum atomic E-state index is 0.0133. The fourth-order valence-corrected chi connectivity index (χ4v) is 3.25. The SMILES string of the molecule is OCCOc1ccc(-c2cccc3ccccc23)c2ccccc12. The molecular weight excluding hydrogens is 296 g/mol. The highest BCUT2D eigenvalue weighted by Gasteiger charge is 2.10. The summed E-state index contributed by atoms with van der Waals surface area (Å²) in [4.78, 5) is 0. The highest BCUT2D eigenvalue weighted by Crippen LogP contribution is 2.37. The van der Waals surface area contributed by atoms with Crippen LogP contribution in [0, 0.1) is 0 Å². The van der Waals surface area contributed by atoms with E-state index >= 15 is 0 Å². The first kappa shape index (κ1) is 14.7. The lowest BCUT2D eigenvalue weighted by molar-refractivity contribution is 0.203. The van der Waals surface area contributed by atoms with Crippen molar-refractivity contribution in [2.75, 3.05) is 13.2 Å². The van der Waals surface area contributed by atoms with Crippen LogP contribution in [-0.2, 0) is 0 Å². The maximum atomic E-state index is 9.03. The van der Waals surface area contributed by atoms with Gasteiger partial charge in [-0.25, -0.2) is 0 Å². The number of hydrogen-bond donors (Lipinski definition) is 1. The van der Waals surface area contributed by atoms with Crippen molar-refractivity contribution in [2.24, 2.45) is 0 Å². The predicted molar refractivity (Wildman–Crippen MR) is 99.5 cm³/mol. The second kappa shape index (κ2) is 6.34. The summed E-state index contributed by atoms with van der Waals surface area (Å²) in [5.74, 6) is 0.809. The highest BCUT2D eigenvalue weighted by molar-refractivity contribution is 6.06. The Morgan fingerprint density at radius 1 is 0.625 bits per heavy atom. The molecule has 0 amide bonds. The van der Waals surface area contributed by atoms with Gasteiger partial charge in [0.15, 0.2) is 0 Å². The summed E-state index contributed by atoms with van der Waals surface area (Å²) in [5, 5.41) is 13.7. The minimum Gasteiger partial charge on any atom is -0.491 e. The zero-order valence-electron chi connectivity index (χ0n) is 13.3. The summed E-state index contributed by atoms with van der Waals surface area (Å²) in [6, 6.07) is 27.2. The van der Waals surface area contributed by atoms with Gasteiger partial charge in [0, 0.05) is 5.39 Å². The first-order valence-corrected chi connectivity index (χ1v) is 8.12. The van der Waals surface area contributed by atoms with Crippen LogP contribution in [0.2, 0.25) is 0 Å². The number of ether oxygens (including phenoxy) is 1. The molecule has 4 aromatic rings.